The van der Waals surface area contributed by atoms with Gasteiger partial charge in [-0.15, -0.1) is 11.3 Å². The highest BCUT2D eigenvalue weighted by atomic mass is 32.1. The highest BCUT2D eigenvalue weighted by Crippen LogP contribution is 2.46. The maximum atomic E-state index is 12.4. The van der Waals surface area contributed by atoms with Crippen molar-refractivity contribution in [2.45, 2.75) is 38.0 Å². The number of fused-ring (bicyclic) bond motifs is 1. The molecule has 2 amide bonds. The summed E-state index contributed by atoms with van der Waals surface area (Å²) >= 11 is 1.43. The lowest BCUT2D eigenvalue weighted by Crippen LogP contribution is -2.39. The second-order valence-electron chi connectivity index (χ2n) is 6.56. The third-order valence-corrected chi connectivity index (χ3v) is 6.04. The summed E-state index contributed by atoms with van der Waals surface area (Å²) in [6.45, 7) is 2.54. The molecule has 1 aromatic carbocycles. The predicted octanol–water partition coefficient (Wildman–Crippen LogP) is 2.38. The Morgan fingerprint density at radius 1 is 1.28 bits per heavy atom. The van der Waals surface area contributed by atoms with Crippen molar-refractivity contribution in [3.8, 4) is 0 Å². The number of amides is 2. The Bertz CT molecular complexity index is 801. The zero-order valence-electron chi connectivity index (χ0n) is 14.3. The Kier molecular flexibility index (Phi) is 4.81. The molecule has 5 N–H and O–H groups in total. The van der Waals surface area contributed by atoms with Gasteiger partial charge in [-0.25, -0.2) is 0 Å². The standard InChI is InChI=1S/C19H23N3O2S/c1-2-22-15(23)11-19(12-6-4-3-5-7-12)9-8-13-14(10-19)25-18(21)16(13)17(20)24/h3-7H,2,8-11,21H2,1H3,(H2,20,24)(H,22,23). The van der Waals surface area contributed by atoms with Gasteiger partial charge in [0.2, 0.25) is 5.91 Å². The number of nitrogens with one attached hydrogen (secondary N) is 1. The van der Waals surface area contributed by atoms with E-state index < -0.39 is 5.91 Å². The summed E-state index contributed by atoms with van der Waals surface area (Å²) in [5.74, 6) is -0.416. The first-order chi connectivity index (χ1) is 12.0. The van der Waals surface area contributed by atoms with Crippen LogP contribution in [0, 0.1) is 0 Å². The number of anilines is 1. The summed E-state index contributed by atoms with van der Waals surface area (Å²) in [6, 6.07) is 10.1. The topological polar surface area (TPSA) is 98.2 Å². The Labute approximate surface area is 151 Å². The number of primary amides is 1. The first-order valence-electron chi connectivity index (χ1n) is 8.49. The van der Waals surface area contributed by atoms with Crippen LogP contribution in [0.5, 0.6) is 0 Å². The first-order valence-corrected chi connectivity index (χ1v) is 9.30. The van der Waals surface area contributed by atoms with Gasteiger partial charge in [-0.3, -0.25) is 9.59 Å². The minimum absolute atomic E-state index is 0.0504. The number of benzene rings is 1. The van der Waals surface area contributed by atoms with Gasteiger partial charge in [-0.1, -0.05) is 30.3 Å². The molecule has 1 heterocycles. The average molecular weight is 357 g/mol. The fourth-order valence-electron chi connectivity index (χ4n) is 3.83. The number of hydrogen-bond acceptors (Lipinski definition) is 4. The fraction of sp³-hybridized carbons (Fsp3) is 0.368. The SMILES string of the molecule is CCNC(=O)CC1(c2ccccc2)CCc2c(sc(N)c2C(N)=O)C1. The van der Waals surface area contributed by atoms with Crippen molar-refractivity contribution in [2.24, 2.45) is 5.73 Å². The summed E-state index contributed by atoms with van der Waals surface area (Å²) in [7, 11) is 0. The van der Waals surface area contributed by atoms with E-state index in [1.54, 1.807) is 0 Å². The number of rotatable bonds is 5. The number of nitrogens with two attached hydrogens (primary N) is 2. The van der Waals surface area contributed by atoms with Crippen LogP contribution in [0.15, 0.2) is 30.3 Å². The average Bonchev–Trinajstić information content (AvgIpc) is 2.90. The van der Waals surface area contributed by atoms with Gasteiger partial charge in [-0.2, -0.15) is 0 Å². The quantitative estimate of drug-likeness (QED) is 0.766. The van der Waals surface area contributed by atoms with Crippen LogP contribution in [0.25, 0.3) is 0 Å². The smallest absolute Gasteiger partial charge is 0.251 e. The highest BCUT2D eigenvalue weighted by Gasteiger charge is 2.40. The molecule has 1 aromatic heterocycles. The van der Waals surface area contributed by atoms with Crippen LogP contribution in [-0.2, 0) is 23.1 Å². The van der Waals surface area contributed by atoms with Crippen molar-refractivity contribution < 1.29 is 9.59 Å². The lowest BCUT2D eigenvalue weighted by Gasteiger charge is -2.37. The van der Waals surface area contributed by atoms with Gasteiger partial charge in [0, 0.05) is 23.3 Å². The van der Waals surface area contributed by atoms with Crippen LogP contribution in [0.1, 0.15) is 46.1 Å². The molecule has 1 unspecified atom stereocenters. The third-order valence-electron chi connectivity index (χ3n) is 4.98. The van der Waals surface area contributed by atoms with Crippen LogP contribution in [0.3, 0.4) is 0 Å². The molecule has 6 heteroatoms. The van der Waals surface area contributed by atoms with Crippen molar-refractivity contribution in [3.05, 3.63) is 51.9 Å². The number of thiophene rings is 1. The normalized spacial score (nSPS) is 19.2. The van der Waals surface area contributed by atoms with Gasteiger partial charge in [0.05, 0.1) is 10.6 Å². The van der Waals surface area contributed by atoms with E-state index in [4.69, 9.17) is 11.5 Å². The Morgan fingerprint density at radius 2 is 2.00 bits per heavy atom. The van der Waals surface area contributed by atoms with Crippen molar-refractivity contribution >= 4 is 28.2 Å². The van der Waals surface area contributed by atoms with Crippen LogP contribution < -0.4 is 16.8 Å². The van der Waals surface area contributed by atoms with Crippen molar-refractivity contribution in [1.29, 1.82) is 0 Å². The second-order valence-corrected chi connectivity index (χ2v) is 7.70. The second kappa shape index (κ2) is 6.88. The monoisotopic (exact) mass is 357 g/mol. The molecule has 25 heavy (non-hydrogen) atoms. The largest absolute Gasteiger partial charge is 0.390 e. The summed E-state index contributed by atoms with van der Waals surface area (Å²) in [5.41, 5.74) is 13.9. The van der Waals surface area contributed by atoms with E-state index in [2.05, 4.69) is 17.4 Å². The van der Waals surface area contributed by atoms with E-state index in [1.807, 2.05) is 25.1 Å². The molecule has 2 aromatic rings. The molecule has 5 nitrogen and oxygen atoms in total. The Morgan fingerprint density at radius 3 is 2.64 bits per heavy atom. The lowest BCUT2D eigenvalue weighted by molar-refractivity contribution is -0.122. The van der Waals surface area contributed by atoms with Gasteiger partial charge < -0.3 is 16.8 Å². The number of hydrogen-bond donors (Lipinski definition) is 3. The maximum absolute atomic E-state index is 12.4. The van der Waals surface area contributed by atoms with Crippen LogP contribution in [0.2, 0.25) is 0 Å². The van der Waals surface area contributed by atoms with Gasteiger partial charge >= 0.3 is 0 Å². The van der Waals surface area contributed by atoms with Crippen molar-refractivity contribution in [3.63, 3.8) is 0 Å². The zero-order chi connectivity index (χ0) is 18.0. The fourth-order valence-corrected chi connectivity index (χ4v) is 5.10. The molecule has 1 atom stereocenters. The predicted molar refractivity (Wildman–Crippen MR) is 101 cm³/mol. The molecule has 0 spiro atoms. The molecule has 132 valence electrons. The van der Waals surface area contributed by atoms with Crippen LogP contribution in [-0.4, -0.2) is 18.4 Å². The van der Waals surface area contributed by atoms with Gasteiger partial charge in [0.1, 0.15) is 0 Å². The Balaban J connectivity index is 2.02. The third kappa shape index (κ3) is 3.26. The molecule has 0 aliphatic heterocycles. The number of carbonyl (C=O) groups excluding carboxylic acids is 2. The van der Waals surface area contributed by atoms with Crippen LogP contribution >= 0.6 is 11.3 Å². The van der Waals surface area contributed by atoms with Crippen molar-refractivity contribution in [2.75, 3.05) is 12.3 Å². The van der Waals surface area contributed by atoms with Gasteiger partial charge in [-0.05, 0) is 37.3 Å². The van der Waals surface area contributed by atoms with E-state index in [9.17, 15) is 9.59 Å². The molecular weight excluding hydrogens is 334 g/mol. The molecule has 1 aliphatic carbocycles. The number of carbonyl (C=O) groups is 2. The summed E-state index contributed by atoms with van der Waals surface area (Å²) in [6.07, 6.45) is 2.62. The Hall–Kier alpha value is -2.34. The van der Waals surface area contributed by atoms with Gasteiger partial charge in [0.25, 0.3) is 5.91 Å². The summed E-state index contributed by atoms with van der Waals surface area (Å²) < 4.78 is 0. The minimum Gasteiger partial charge on any atom is -0.390 e. The molecular formula is C19H23N3O2S. The van der Waals surface area contributed by atoms with Crippen LogP contribution in [0.4, 0.5) is 5.00 Å². The van der Waals surface area contributed by atoms with E-state index in [-0.39, 0.29) is 11.3 Å². The first kappa shape index (κ1) is 17.5. The summed E-state index contributed by atoms with van der Waals surface area (Å²) in [4.78, 5) is 25.2. The minimum atomic E-state index is -0.467. The molecule has 1 aliphatic rings. The van der Waals surface area contributed by atoms with Gasteiger partial charge in [0.15, 0.2) is 0 Å². The molecule has 3 rings (SSSR count). The molecule has 0 radical (unpaired) electrons. The molecule has 0 saturated carbocycles. The van der Waals surface area contributed by atoms with Crippen molar-refractivity contribution in [1.82, 2.24) is 5.32 Å². The maximum Gasteiger partial charge on any atom is 0.251 e. The highest BCUT2D eigenvalue weighted by molar-refractivity contribution is 7.16. The van der Waals surface area contributed by atoms with E-state index >= 15 is 0 Å². The molecule has 0 bridgehead atoms. The molecule has 0 fully saturated rings. The zero-order valence-corrected chi connectivity index (χ0v) is 15.1. The van der Waals surface area contributed by atoms with E-state index in [0.717, 1.165) is 22.4 Å². The van der Waals surface area contributed by atoms with E-state index in [1.165, 1.54) is 11.3 Å². The number of nitrogen functional groups attached to an aromatic ring is 1. The van der Waals surface area contributed by atoms with E-state index in [0.29, 0.717) is 36.4 Å². The lowest BCUT2D eigenvalue weighted by atomic mass is 9.67. The summed E-state index contributed by atoms with van der Waals surface area (Å²) in [5, 5.41) is 3.40. The molecule has 0 saturated heterocycles.